The number of methoxy groups -OCH3 is 2. The Hall–Kier alpha value is -1.86. The average molecular weight is 356 g/mol. The number of halogens is 1. The maximum Gasteiger partial charge on any atom is 0.225 e. The number of carbonyl (C=O) groups is 1. The first-order chi connectivity index (χ1) is 11.0. The van der Waals surface area contributed by atoms with Gasteiger partial charge in [0.2, 0.25) is 5.91 Å². The highest BCUT2D eigenvalue weighted by molar-refractivity contribution is 7.99. The van der Waals surface area contributed by atoms with E-state index in [2.05, 4.69) is 10.3 Å². The van der Waals surface area contributed by atoms with Crippen molar-refractivity contribution < 1.29 is 14.3 Å². The zero-order valence-electron chi connectivity index (χ0n) is 13.1. The minimum Gasteiger partial charge on any atom is -0.495 e. The minimum absolute atomic E-state index is 0.119. The monoisotopic (exact) mass is 355 g/mol. The highest BCUT2D eigenvalue weighted by atomic mass is 35.5. The number of imidazole rings is 1. The number of nitrogens with zero attached hydrogens (tertiary/aromatic N) is 2. The number of carbonyl (C=O) groups excluding carboxylic acids is 1. The van der Waals surface area contributed by atoms with Crippen LogP contribution in [0.25, 0.3) is 0 Å². The molecule has 1 aromatic carbocycles. The molecule has 8 heteroatoms. The fourth-order valence-electron chi connectivity index (χ4n) is 1.90. The number of hydrogen-bond donors (Lipinski definition) is 1. The molecule has 0 fully saturated rings. The second kappa shape index (κ2) is 8.12. The van der Waals surface area contributed by atoms with Crippen LogP contribution in [0.3, 0.4) is 0 Å². The number of thioether (sulfide) groups is 1. The number of aromatic nitrogens is 2. The predicted molar refractivity (Wildman–Crippen MR) is 91.7 cm³/mol. The molecule has 0 saturated heterocycles. The summed E-state index contributed by atoms with van der Waals surface area (Å²) < 4.78 is 12.3. The van der Waals surface area contributed by atoms with Crippen LogP contribution in [-0.2, 0) is 11.8 Å². The van der Waals surface area contributed by atoms with Crippen LogP contribution < -0.4 is 14.8 Å². The van der Waals surface area contributed by atoms with Gasteiger partial charge in [-0.25, -0.2) is 4.98 Å². The lowest BCUT2D eigenvalue weighted by atomic mass is 10.2. The predicted octanol–water partition coefficient (Wildman–Crippen LogP) is 3.21. The third-order valence-electron chi connectivity index (χ3n) is 3.09. The van der Waals surface area contributed by atoms with Gasteiger partial charge in [0.25, 0.3) is 0 Å². The van der Waals surface area contributed by atoms with E-state index in [-0.39, 0.29) is 5.91 Å². The average Bonchev–Trinajstić information content (AvgIpc) is 2.93. The van der Waals surface area contributed by atoms with Crippen molar-refractivity contribution in [2.24, 2.45) is 7.05 Å². The van der Waals surface area contributed by atoms with Crippen molar-refractivity contribution in [3.8, 4) is 11.5 Å². The topological polar surface area (TPSA) is 65.4 Å². The largest absolute Gasteiger partial charge is 0.495 e. The number of hydrogen-bond acceptors (Lipinski definition) is 5. The fraction of sp³-hybridized carbons (Fsp3) is 0.333. The highest BCUT2D eigenvalue weighted by Gasteiger charge is 2.12. The normalized spacial score (nSPS) is 10.4. The Kier molecular flexibility index (Phi) is 6.18. The van der Waals surface area contributed by atoms with Gasteiger partial charge >= 0.3 is 0 Å². The Labute approximate surface area is 144 Å². The van der Waals surface area contributed by atoms with Gasteiger partial charge < -0.3 is 19.4 Å². The van der Waals surface area contributed by atoms with E-state index in [9.17, 15) is 4.79 Å². The number of nitrogens with one attached hydrogen (secondary N) is 1. The molecule has 0 aliphatic rings. The second-order valence-corrected chi connectivity index (χ2v) is 6.12. The van der Waals surface area contributed by atoms with Gasteiger partial charge in [-0.1, -0.05) is 23.4 Å². The summed E-state index contributed by atoms with van der Waals surface area (Å²) in [5.74, 6) is 1.50. The van der Waals surface area contributed by atoms with E-state index in [0.717, 1.165) is 5.16 Å². The van der Waals surface area contributed by atoms with Gasteiger partial charge in [0.05, 0.1) is 24.9 Å². The Morgan fingerprint density at radius 2 is 2.09 bits per heavy atom. The van der Waals surface area contributed by atoms with E-state index in [0.29, 0.717) is 34.4 Å². The van der Waals surface area contributed by atoms with Gasteiger partial charge in [-0.2, -0.15) is 0 Å². The molecule has 0 aliphatic carbocycles. The molecule has 23 heavy (non-hydrogen) atoms. The molecule has 1 amide bonds. The Morgan fingerprint density at radius 1 is 1.35 bits per heavy atom. The fourth-order valence-corrected chi connectivity index (χ4v) is 3.01. The number of ether oxygens (including phenoxy) is 2. The zero-order valence-corrected chi connectivity index (χ0v) is 14.7. The summed E-state index contributed by atoms with van der Waals surface area (Å²) in [4.78, 5) is 16.3. The van der Waals surface area contributed by atoms with Crippen molar-refractivity contribution >= 4 is 35.0 Å². The SMILES string of the molecule is COc1cc(OC)c(NC(=O)CCSc2nccn2C)cc1Cl. The van der Waals surface area contributed by atoms with Crippen LogP contribution in [0, 0.1) is 0 Å². The zero-order chi connectivity index (χ0) is 16.8. The van der Waals surface area contributed by atoms with Crippen LogP contribution >= 0.6 is 23.4 Å². The summed E-state index contributed by atoms with van der Waals surface area (Å²) in [5.41, 5.74) is 0.519. The second-order valence-electron chi connectivity index (χ2n) is 4.65. The van der Waals surface area contributed by atoms with E-state index in [1.807, 2.05) is 17.8 Å². The van der Waals surface area contributed by atoms with Crippen LogP contribution in [0.15, 0.2) is 29.7 Å². The molecule has 0 spiro atoms. The van der Waals surface area contributed by atoms with Gasteiger partial charge in [-0.05, 0) is 6.07 Å². The van der Waals surface area contributed by atoms with E-state index >= 15 is 0 Å². The molecule has 2 aromatic rings. The molecule has 0 bridgehead atoms. The van der Waals surface area contributed by atoms with Crippen LogP contribution in [0.4, 0.5) is 5.69 Å². The molecular formula is C15H18ClN3O3S. The molecule has 1 N–H and O–H groups in total. The van der Waals surface area contributed by atoms with E-state index in [1.54, 1.807) is 18.3 Å². The van der Waals surface area contributed by atoms with E-state index in [4.69, 9.17) is 21.1 Å². The molecule has 124 valence electrons. The first kappa shape index (κ1) is 17.5. The van der Waals surface area contributed by atoms with Crippen molar-refractivity contribution in [1.29, 1.82) is 0 Å². The summed E-state index contributed by atoms with van der Waals surface area (Å²) in [7, 11) is 4.96. The quantitative estimate of drug-likeness (QED) is 0.772. The number of benzene rings is 1. The van der Waals surface area contributed by atoms with E-state index in [1.165, 1.54) is 26.0 Å². The van der Waals surface area contributed by atoms with Crippen molar-refractivity contribution in [2.45, 2.75) is 11.6 Å². The lowest BCUT2D eigenvalue weighted by Gasteiger charge is -2.13. The lowest BCUT2D eigenvalue weighted by molar-refractivity contribution is -0.115. The van der Waals surface area contributed by atoms with Gasteiger partial charge in [0, 0.05) is 37.7 Å². The third kappa shape index (κ3) is 4.56. The molecule has 0 atom stereocenters. The van der Waals surface area contributed by atoms with E-state index < -0.39 is 0 Å². The van der Waals surface area contributed by atoms with Crippen LogP contribution in [0.5, 0.6) is 11.5 Å². The maximum atomic E-state index is 12.1. The molecule has 0 saturated carbocycles. The molecule has 0 aliphatic heterocycles. The Balaban J connectivity index is 1.94. The summed E-state index contributed by atoms with van der Waals surface area (Å²) in [6.45, 7) is 0. The molecular weight excluding hydrogens is 338 g/mol. The van der Waals surface area contributed by atoms with Crippen molar-refractivity contribution in [1.82, 2.24) is 9.55 Å². The first-order valence-corrected chi connectivity index (χ1v) is 8.23. The highest BCUT2D eigenvalue weighted by Crippen LogP contribution is 2.35. The van der Waals surface area contributed by atoms with Gasteiger partial charge in [0.15, 0.2) is 5.16 Å². The summed E-state index contributed by atoms with van der Waals surface area (Å²) in [6.07, 6.45) is 3.95. The molecule has 6 nitrogen and oxygen atoms in total. The van der Waals surface area contributed by atoms with Crippen LogP contribution in [0.1, 0.15) is 6.42 Å². The summed E-state index contributed by atoms with van der Waals surface area (Å²) in [6, 6.07) is 3.25. The standard InChI is InChI=1S/C15H18ClN3O3S/c1-19-6-5-17-15(19)23-7-4-14(20)18-11-8-10(16)12(21-2)9-13(11)22-3/h5-6,8-9H,4,7H2,1-3H3,(H,18,20). The number of amides is 1. The summed E-state index contributed by atoms with van der Waals surface area (Å²) >= 11 is 7.61. The van der Waals surface area contributed by atoms with Gasteiger partial charge in [0.1, 0.15) is 11.5 Å². The third-order valence-corrected chi connectivity index (χ3v) is 4.44. The smallest absolute Gasteiger partial charge is 0.225 e. The van der Waals surface area contributed by atoms with Crippen molar-refractivity contribution in [3.63, 3.8) is 0 Å². The van der Waals surface area contributed by atoms with Crippen LogP contribution in [0.2, 0.25) is 5.02 Å². The molecule has 2 rings (SSSR count). The van der Waals surface area contributed by atoms with Gasteiger partial charge in [-0.15, -0.1) is 0 Å². The Bertz CT molecular complexity index is 691. The number of rotatable bonds is 7. The lowest BCUT2D eigenvalue weighted by Crippen LogP contribution is -2.13. The van der Waals surface area contributed by atoms with Crippen molar-refractivity contribution in [3.05, 3.63) is 29.5 Å². The van der Waals surface area contributed by atoms with Crippen LogP contribution in [-0.4, -0.2) is 35.4 Å². The molecule has 1 heterocycles. The number of aryl methyl sites for hydroxylation is 1. The maximum absolute atomic E-state index is 12.1. The van der Waals surface area contributed by atoms with Gasteiger partial charge in [-0.3, -0.25) is 4.79 Å². The van der Waals surface area contributed by atoms with Crippen molar-refractivity contribution in [2.75, 3.05) is 25.3 Å². The minimum atomic E-state index is -0.119. The summed E-state index contributed by atoms with van der Waals surface area (Å²) in [5, 5.41) is 4.09. The Morgan fingerprint density at radius 3 is 2.70 bits per heavy atom. The number of anilines is 1. The first-order valence-electron chi connectivity index (χ1n) is 6.86. The molecule has 1 aromatic heterocycles. The molecule has 0 radical (unpaired) electrons. The molecule has 0 unspecified atom stereocenters.